The lowest BCUT2D eigenvalue weighted by atomic mass is 10.1. The quantitative estimate of drug-likeness (QED) is 0.399. The highest BCUT2D eigenvalue weighted by molar-refractivity contribution is 5.50. The number of piperidine rings is 2. The van der Waals surface area contributed by atoms with E-state index in [-0.39, 0.29) is 5.69 Å². The molecule has 2 aliphatic heterocycles. The summed E-state index contributed by atoms with van der Waals surface area (Å²) in [4.78, 5) is 23.5. The first-order chi connectivity index (χ1) is 16.2. The lowest BCUT2D eigenvalue weighted by Crippen LogP contribution is -2.40. The Hall–Kier alpha value is -2.33. The van der Waals surface area contributed by atoms with Crippen LogP contribution < -0.4 is 27.4 Å². The molecule has 0 aromatic carbocycles. The van der Waals surface area contributed by atoms with E-state index in [2.05, 4.69) is 36.9 Å². The van der Waals surface area contributed by atoms with Gasteiger partial charge in [0.05, 0.1) is 0 Å². The van der Waals surface area contributed by atoms with Crippen LogP contribution in [0, 0.1) is 0 Å². The van der Waals surface area contributed by atoms with Gasteiger partial charge in [0, 0.05) is 37.6 Å². The average Bonchev–Trinajstić information content (AvgIpc) is 2.84. The fraction of sp³-hybridized carbons (Fsp3) is 0.625. The number of hydrogen-bond donors (Lipinski definition) is 4. The van der Waals surface area contributed by atoms with Gasteiger partial charge < -0.3 is 26.6 Å². The molecule has 0 amide bonds. The van der Waals surface area contributed by atoms with Crippen molar-refractivity contribution < 1.29 is 0 Å². The third-order valence-corrected chi connectivity index (χ3v) is 6.64. The van der Waals surface area contributed by atoms with Gasteiger partial charge in [0.25, 0.3) is 0 Å². The number of nitrogens with one attached hydrogen (secondary N) is 3. The normalized spacial score (nSPS) is 18.5. The zero-order valence-corrected chi connectivity index (χ0v) is 19.5. The van der Waals surface area contributed by atoms with Crippen molar-refractivity contribution in [3.05, 3.63) is 46.6 Å². The topological polar surface area (TPSA) is 113 Å². The molecule has 0 bridgehead atoms. The van der Waals surface area contributed by atoms with E-state index in [0.717, 1.165) is 83.4 Å². The summed E-state index contributed by atoms with van der Waals surface area (Å²) >= 11 is 0. The summed E-state index contributed by atoms with van der Waals surface area (Å²) in [5.74, 6) is 1.21. The standard InChI is InChI=1S/C24H38N8O/c25-20-7-14-31(15-8-20)12-1-2-13-32-16-9-23(30-24(32)33)29-22-4-3-19(18-28-22)17-27-21-5-10-26-11-6-21/h3-4,9,16,18,20-21,26-27H,1-2,5-8,10-15,17,25H2,(H,28,29,30,33). The number of anilines is 2. The predicted molar refractivity (Wildman–Crippen MR) is 132 cm³/mol. The predicted octanol–water partition coefficient (Wildman–Crippen LogP) is 1.43. The highest BCUT2D eigenvalue weighted by Crippen LogP contribution is 2.12. The first-order valence-electron chi connectivity index (χ1n) is 12.4. The Kier molecular flexibility index (Phi) is 8.82. The van der Waals surface area contributed by atoms with E-state index < -0.39 is 0 Å². The van der Waals surface area contributed by atoms with Crippen molar-refractivity contribution in [2.45, 2.75) is 63.7 Å². The van der Waals surface area contributed by atoms with Crippen molar-refractivity contribution in [2.75, 3.05) is 38.0 Å². The molecule has 180 valence electrons. The van der Waals surface area contributed by atoms with Gasteiger partial charge in [0.1, 0.15) is 11.6 Å². The lowest BCUT2D eigenvalue weighted by Gasteiger charge is -2.29. The number of likely N-dealkylation sites (tertiary alicyclic amines) is 1. The molecule has 9 heteroatoms. The van der Waals surface area contributed by atoms with Crippen molar-refractivity contribution in [3.8, 4) is 0 Å². The van der Waals surface area contributed by atoms with Crippen LogP contribution in [0.3, 0.4) is 0 Å². The molecule has 5 N–H and O–H groups in total. The van der Waals surface area contributed by atoms with E-state index in [1.54, 1.807) is 4.57 Å². The first kappa shape index (κ1) is 23.8. The molecule has 4 rings (SSSR count). The number of unbranched alkanes of at least 4 members (excludes halogenated alkanes) is 1. The highest BCUT2D eigenvalue weighted by Gasteiger charge is 2.15. The van der Waals surface area contributed by atoms with Crippen molar-refractivity contribution in [3.63, 3.8) is 0 Å². The van der Waals surface area contributed by atoms with Gasteiger partial charge in [0.15, 0.2) is 0 Å². The summed E-state index contributed by atoms with van der Waals surface area (Å²) < 4.78 is 1.68. The number of aromatic nitrogens is 3. The minimum absolute atomic E-state index is 0.230. The fourth-order valence-electron chi connectivity index (χ4n) is 4.49. The third kappa shape index (κ3) is 7.60. The van der Waals surface area contributed by atoms with Crippen LogP contribution in [0.4, 0.5) is 11.6 Å². The second-order valence-corrected chi connectivity index (χ2v) is 9.26. The van der Waals surface area contributed by atoms with Crippen molar-refractivity contribution in [1.82, 2.24) is 30.1 Å². The zero-order chi connectivity index (χ0) is 22.9. The maximum absolute atomic E-state index is 12.4. The minimum atomic E-state index is -0.230. The summed E-state index contributed by atoms with van der Waals surface area (Å²) in [5.41, 5.74) is 6.88. The second-order valence-electron chi connectivity index (χ2n) is 9.26. The summed E-state index contributed by atoms with van der Waals surface area (Å²) in [5, 5.41) is 10.1. The molecule has 0 spiro atoms. The maximum Gasteiger partial charge on any atom is 0.349 e. The van der Waals surface area contributed by atoms with Crippen LogP contribution in [0.25, 0.3) is 0 Å². The number of rotatable bonds is 10. The Labute approximate surface area is 196 Å². The van der Waals surface area contributed by atoms with Crippen LogP contribution in [0.5, 0.6) is 0 Å². The van der Waals surface area contributed by atoms with E-state index in [0.29, 0.717) is 30.3 Å². The summed E-state index contributed by atoms with van der Waals surface area (Å²) in [7, 11) is 0. The Bertz CT molecular complexity index is 901. The van der Waals surface area contributed by atoms with Gasteiger partial charge in [-0.05, 0) is 88.9 Å². The van der Waals surface area contributed by atoms with Gasteiger partial charge in [-0.1, -0.05) is 6.07 Å². The maximum atomic E-state index is 12.4. The molecule has 2 saturated heterocycles. The summed E-state index contributed by atoms with van der Waals surface area (Å²) in [6.45, 7) is 6.93. The number of aryl methyl sites for hydroxylation is 1. The molecule has 0 saturated carbocycles. The van der Waals surface area contributed by atoms with Gasteiger partial charge in [-0.2, -0.15) is 4.98 Å². The molecule has 0 radical (unpaired) electrons. The molecule has 4 heterocycles. The van der Waals surface area contributed by atoms with Gasteiger partial charge in [-0.3, -0.25) is 4.57 Å². The lowest BCUT2D eigenvalue weighted by molar-refractivity contribution is 0.208. The molecule has 2 aromatic rings. The van der Waals surface area contributed by atoms with E-state index in [4.69, 9.17) is 5.73 Å². The Morgan fingerprint density at radius 3 is 2.55 bits per heavy atom. The van der Waals surface area contributed by atoms with Crippen LogP contribution >= 0.6 is 0 Å². The van der Waals surface area contributed by atoms with Crippen LogP contribution in [-0.2, 0) is 13.1 Å². The van der Waals surface area contributed by atoms with Crippen molar-refractivity contribution >= 4 is 11.6 Å². The van der Waals surface area contributed by atoms with Crippen LogP contribution in [-0.4, -0.2) is 64.2 Å². The Balaban J connectivity index is 1.19. The molecule has 2 aliphatic rings. The molecule has 9 nitrogen and oxygen atoms in total. The third-order valence-electron chi connectivity index (χ3n) is 6.64. The van der Waals surface area contributed by atoms with Crippen molar-refractivity contribution in [1.29, 1.82) is 0 Å². The SMILES string of the molecule is NC1CCN(CCCCn2ccc(Nc3ccc(CNC4CCNCC4)cn3)nc2=O)CC1. The molecule has 2 aromatic heterocycles. The fourth-order valence-corrected chi connectivity index (χ4v) is 4.49. The number of nitrogens with two attached hydrogens (primary N) is 1. The van der Waals surface area contributed by atoms with Gasteiger partial charge in [-0.25, -0.2) is 9.78 Å². The molecule has 2 fully saturated rings. The Morgan fingerprint density at radius 2 is 1.82 bits per heavy atom. The van der Waals surface area contributed by atoms with Crippen LogP contribution in [0.15, 0.2) is 35.4 Å². The molecule has 0 unspecified atom stereocenters. The van der Waals surface area contributed by atoms with E-state index in [1.807, 2.05) is 24.5 Å². The average molecular weight is 455 g/mol. The summed E-state index contributed by atoms with van der Waals surface area (Å²) in [6, 6.07) is 6.76. The van der Waals surface area contributed by atoms with Crippen LogP contribution in [0.2, 0.25) is 0 Å². The number of hydrogen-bond acceptors (Lipinski definition) is 8. The van der Waals surface area contributed by atoms with E-state index >= 15 is 0 Å². The smallest absolute Gasteiger partial charge is 0.328 e. The van der Waals surface area contributed by atoms with E-state index in [9.17, 15) is 4.79 Å². The molecule has 0 atom stereocenters. The summed E-state index contributed by atoms with van der Waals surface area (Å²) in [6.07, 6.45) is 10.2. The Morgan fingerprint density at radius 1 is 1.03 bits per heavy atom. The van der Waals surface area contributed by atoms with Gasteiger partial charge in [-0.15, -0.1) is 0 Å². The molecular weight excluding hydrogens is 416 g/mol. The molecule has 33 heavy (non-hydrogen) atoms. The van der Waals surface area contributed by atoms with Gasteiger partial charge >= 0.3 is 5.69 Å². The number of nitrogens with zero attached hydrogens (tertiary/aromatic N) is 4. The molecule has 0 aliphatic carbocycles. The monoisotopic (exact) mass is 454 g/mol. The second kappa shape index (κ2) is 12.2. The molecular formula is C24H38N8O. The highest BCUT2D eigenvalue weighted by atomic mass is 16.1. The van der Waals surface area contributed by atoms with E-state index in [1.165, 1.54) is 0 Å². The largest absolute Gasteiger partial charge is 0.349 e. The number of pyridine rings is 1. The van der Waals surface area contributed by atoms with Crippen LogP contribution in [0.1, 0.15) is 44.1 Å². The zero-order valence-electron chi connectivity index (χ0n) is 19.5. The minimum Gasteiger partial charge on any atom is -0.328 e. The first-order valence-corrected chi connectivity index (χ1v) is 12.4. The van der Waals surface area contributed by atoms with Gasteiger partial charge in [0.2, 0.25) is 0 Å². The van der Waals surface area contributed by atoms with Crippen molar-refractivity contribution in [2.24, 2.45) is 5.73 Å².